The Bertz CT molecular complexity index is 1480. The highest BCUT2D eigenvalue weighted by molar-refractivity contribution is 7.89. The lowest BCUT2D eigenvalue weighted by atomic mass is 9.86. The van der Waals surface area contributed by atoms with Crippen molar-refractivity contribution in [3.63, 3.8) is 0 Å². The first-order valence-electron chi connectivity index (χ1n) is 13.4. The van der Waals surface area contributed by atoms with Gasteiger partial charge in [-0.2, -0.15) is 0 Å². The Labute approximate surface area is 244 Å². The van der Waals surface area contributed by atoms with Crippen LogP contribution in [0.1, 0.15) is 76.0 Å². The van der Waals surface area contributed by atoms with E-state index in [4.69, 9.17) is 5.11 Å². The van der Waals surface area contributed by atoms with E-state index in [1.165, 1.54) is 17.4 Å². The molecule has 1 aliphatic carbocycles. The number of amides is 3. The minimum Gasteiger partial charge on any atom is -0.465 e. The quantitative estimate of drug-likeness (QED) is 0.229. The first-order valence-corrected chi connectivity index (χ1v) is 15.7. The van der Waals surface area contributed by atoms with Gasteiger partial charge in [0.05, 0.1) is 26.5 Å². The van der Waals surface area contributed by atoms with Crippen molar-refractivity contribution in [2.45, 2.75) is 81.8 Å². The summed E-state index contributed by atoms with van der Waals surface area (Å²) in [6, 6.07) is 9.33. The maximum atomic E-state index is 13.6. The molecule has 41 heavy (non-hydrogen) atoms. The normalized spacial score (nSPS) is 18.3. The van der Waals surface area contributed by atoms with Crippen molar-refractivity contribution < 1.29 is 23.1 Å². The zero-order valence-electron chi connectivity index (χ0n) is 23.5. The molecule has 2 heterocycles. The highest BCUT2D eigenvalue weighted by Crippen LogP contribution is 2.40. The van der Waals surface area contributed by atoms with E-state index in [1.807, 2.05) is 19.1 Å². The summed E-state index contributed by atoms with van der Waals surface area (Å²) < 4.78 is 29.8. The summed E-state index contributed by atoms with van der Waals surface area (Å²) in [4.78, 5) is 33.3. The van der Waals surface area contributed by atoms with Gasteiger partial charge in [-0.3, -0.25) is 4.98 Å². The SMILES string of the molecule is C[C@H](NC(=O)Nc1ccc(-c2cnc(C3CCC(NC(=O)O)CC3)s2)c(S(=O)(=O)NC(C)(C)C)c1)c1ccccn1. The summed E-state index contributed by atoms with van der Waals surface area (Å²) in [6.07, 6.45) is 5.36. The van der Waals surface area contributed by atoms with Gasteiger partial charge in [0.25, 0.3) is 0 Å². The number of sulfonamides is 1. The highest BCUT2D eigenvalue weighted by atomic mass is 32.2. The number of thiazole rings is 1. The number of nitrogens with zero attached hydrogens (tertiary/aromatic N) is 2. The zero-order valence-corrected chi connectivity index (χ0v) is 25.1. The molecule has 1 aromatic carbocycles. The van der Waals surface area contributed by atoms with Crippen LogP contribution in [-0.4, -0.2) is 47.2 Å². The number of nitrogens with one attached hydrogen (secondary N) is 4. The maximum absolute atomic E-state index is 13.6. The van der Waals surface area contributed by atoms with Gasteiger partial charge in [-0.25, -0.2) is 27.7 Å². The van der Waals surface area contributed by atoms with E-state index in [2.05, 4.69) is 30.6 Å². The molecule has 13 heteroatoms. The predicted molar refractivity (Wildman–Crippen MR) is 159 cm³/mol. The van der Waals surface area contributed by atoms with Crippen LogP contribution in [-0.2, 0) is 10.0 Å². The zero-order chi connectivity index (χ0) is 29.8. The number of anilines is 1. The standard InChI is InChI=1S/C28H36N6O5S2/c1-17(22-7-5-6-14-29-22)31-26(35)32-20-12-13-21(24(15-20)41(38,39)34-28(2,3)4)23-16-30-25(40-23)18-8-10-19(11-9-18)33-27(36)37/h5-7,12-19,33-34H,8-11H2,1-4H3,(H,36,37)(H2,31,32,35)/t17-,18?,19?/m0/s1. The van der Waals surface area contributed by atoms with Crippen LogP contribution in [0, 0.1) is 0 Å². The van der Waals surface area contributed by atoms with Gasteiger partial charge in [0.15, 0.2) is 0 Å². The fraction of sp³-hybridized carbons (Fsp3) is 0.429. The van der Waals surface area contributed by atoms with Gasteiger partial charge in [-0.05, 0) is 77.6 Å². The third-order valence-corrected chi connectivity index (χ3v) is 9.63. The molecule has 11 nitrogen and oxygen atoms in total. The van der Waals surface area contributed by atoms with Gasteiger partial charge in [0.1, 0.15) is 0 Å². The van der Waals surface area contributed by atoms with Crippen molar-refractivity contribution in [1.82, 2.24) is 25.3 Å². The lowest BCUT2D eigenvalue weighted by Crippen LogP contribution is -2.40. The summed E-state index contributed by atoms with van der Waals surface area (Å²) in [7, 11) is -3.97. The summed E-state index contributed by atoms with van der Waals surface area (Å²) in [5, 5.41) is 18.0. The van der Waals surface area contributed by atoms with Crippen LogP contribution in [0.3, 0.4) is 0 Å². The topological polar surface area (TPSA) is 162 Å². The van der Waals surface area contributed by atoms with Crippen LogP contribution in [0.5, 0.6) is 0 Å². The number of carbonyl (C=O) groups is 2. The van der Waals surface area contributed by atoms with E-state index in [0.717, 1.165) is 30.7 Å². The average Bonchev–Trinajstić information content (AvgIpc) is 3.38. The lowest BCUT2D eigenvalue weighted by Gasteiger charge is -2.27. The number of urea groups is 1. The number of carbonyl (C=O) groups excluding carboxylic acids is 1. The summed E-state index contributed by atoms with van der Waals surface area (Å²) in [5.74, 6) is 0.180. The fourth-order valence-corrected chi connectivity index (χ4v) is 7.67. The van der Waals surface area contributed by atoms with Crippen LogP contribution in [0.15, 0.2) is 53.7 Å². The molecule has 3 amide bonds. The maximum Gasteiger partial charge on any atom is 0.404 e. The third-order valence-electron chi connectivity index (χ3n) is 6.64. The Balaban J connectivity index is 1.57. The first-order chi connectivity index (χ1) is 19.3. The summed E-state index contributed by atoms with van der Waals surface area (Å²) >= 11 is 1.43. The number of benzene rings is 1. The molecule has 4 rings (SSSR count). The third kappa shape index (κ3) is 8.24. The van der Waals surface area contributed by atoms with Gasteiger partial charge in [0.2, 0.25) is 10.0 Å². The van der Waals surface area contributed by atoms with Crippen molar-refractivity contribution in [2.75, 3.05) is 5.32 Å². The van der Waals surface area contributed by atoms with Crippen molar-refractivity contribution in [1.29, 1.82) is 0 Å². The Hall–Kier alpha value is -3.55. The minimum atomic E-state index is -3.97. The molecule has 2 aromatic heterocycles. The van der Waals surface area contributed by atoms with E-state index in [-0.39, 0.29) is 22.9 Å². The second-order valence-electron chi connectivity index (χ2n) is 11.2. The molecule has 3 aromatic rings. The number of hydrogen-bond donors (Lipinski definition) is 5. The number of pyridine rings is 1. The van der Waals surface area contributed by atoms with Gasteiger partial charge >= 0.3 is 12.1 Å². The molecule has 0 unspecified atom stereocenters. The van der Waals surface area contributed by atoms with Crippen LogP contribution < -0.4 is 20.7 Å². The number of hydrogen-bond acceptors (Lipinski definition) is 7. The van der Waals surface area contributed by atoms with Crippen LogP contribution >= 0.6 is 11.3 Å². The van der Waals surface area contributed by atoms with Crippen LogP contribution in [0.4, 0.5) is 15.3 Å². The van der Waals surface area contributed by atoms with E-state index >= 15 is 0 Å². The van der Waals surface area contributed by atoms with Crippen molar-refractivity contribution in [3.8, 4) is 10.4 Å². The largest absolute Gasteiger partial charge is 0.465 e. The molecule has 1 aliphatic rings. The first kappa shape index (κ1) is 30.4. The Morgan fingerprint density at radius 2 is 1.80 bits per heavy atom. The van der Waals surface area contributed by atoms with Gasteiger partial charge in [-0.15, -0.1) is 11.3 Å². The lowest BCUT2D eigenvalue weighted by molar-refractivity contribution is 0.185. The molecule has 0 spiro atoms. The summed E-state index contributed by atoms with van der Waals surface area (Å²) in [6.45, 7) is 7.10. The van der Waals surface area contributed by atoms with E-state index in [0.29, 0.717) is 21.8 Å². The second-order valence-corrected chi connectivity index (χ2v) is 13.9. The molecule has 0 aliphatic heterocycles. The minimum absolute atomic E-state index is 0.0348. The number of aromatic nitrogens is 2. The Kier molecular flexibility index (Phi) is 9.30. The van der Waals surface area contributed by atoms with Crippen LogP contribution in [0.25, 0.3) is 10.4 Å². The molecule has 1 fully saturated rings. The predicted octanol–water partition coefficient (Wildman–Crippen LogP) is 5.46. The molecular formula is C28H36N6O5S2. The van der Waals surface area contributed by atoms with Crippen molar-refractivity contribution in [3.05, 3.63) is 59.5 Å². The molecule has 0 saturated heterocycles. The van der Waals surface area contributed by atoms with E-state index in [9.17, 15) is 18.0 Å². The molecule has 1 saturated carbocycles. The van der Waals surface area contributed by atoms with Gasteiger partial charge < -0.3 is 21.1 Å². The number of carboxylic acid groups (broad SMARTS) is 1. The Morgan fingerprint density at radius 1 is 1.07 bits per heavy atom. The average molecular weight is 601 g/mol. The fourth-order valence-electron chi connectivity index (χ4n) is 4.81. The summed E-state index contributed by atoms with van der Waals surface area (Å²) in [5.41, 5.74) is 0.779. The van der Waals surface area contributed by atoms with E-state index < -0.39 is 27.7 Å². The molecule has 0 radical (unpaired) electrons. The molecule has 220 valence electrons. The number of rotatable bonds is 8. The molecule has 0 bridgehead atoms. The van der Waals surface area contributed by atoms with Crippen molar-refractivity contribution >= 4 is 39.2 Å². The smallest absolute Gasteiger partial charge is 0.404 e. The van der Waals surface area contributed by atoms with Crippen LogP contribution in [0.2, 0.25) is 0 Å². The van der Waals surface area contributed by atoms with Gasteiger partial charge in [0, 0.05) is 41.1 Å². The Morgan fingerprint density at radius 3 is 2.44 bits per heavy atom. The monoisotopic (exact) mass is 600 g/mol. The molecule has 5 N–H and O–H groups in total. The second kappa shape index (κ2) is 12.5. The van der Waals surface area contributed by atoms with E-state index in [1.54, 1.807) is 51.4 Å². The molecular weight excluding hydrogens is 564 g/mol. The molecule has 1 atom stereocenters. The highest BCUT2D eigenvalue weighted by Gasteiger charge is 2.29. The van der Waals surface area contributed by atoms with Gasteiger partial charge in [-0.1, -0.05) is 12.1 Å². The van der Waals surface area contributed by atoms with Crippen molar-refractivity contribution in [2.24, 2.45) is 0 Å².